The van der Waals surface area contributed by atoms with Crippen LogP contribution in [0.3, 0.4) is 0 Å². The van der Waals surface area contributed by atoms with Crippen LogP contribution in [0.4, 0.5) is 14.9 Å². The van der Waals surface area contributed by atoms with Crippen molar-refractivity contribution in [3.63, 3.8) is 0 Å². The molecule has 0 saturated carbocycles. The average molecular weight is 373 g/mol. The van der Waals surface area contributed by atoms with Crippen molar-refractivity contribution in [1.82, 2.24) is 4.90 Å². The van der Waals surface area contributed by atoms with E-state index in [1.165, 1.54) is 12.1 Å². The first-order valence-corrected chi connectivity index (χ1v) is 8.98. The van der Waals surface area contributed by atoms with Crippen molar-refractivity contribution >= 4 is 11.8 Å². The Morgan fingerprint density at radius 3 is 2.30 bits per heavy atom. The predicted octanol–water partition coefficient (Wildman–Crippen LogP) is 2.88. The van der Waals surface area contributed by atoms with Gasteiger partial charge >= 0.3 is 6.09 Å². The molecule has 7 heteroatoms. The molecular formula is C20H24FN3O3. The summed E-state index contributed by atoms with van der Waals surface area (Å²) in [6.45, 7) is 3.52. The molecule has 1 unspecified atom stereocenters. The van der Waals surface area contributed by atoms with E-state index in [4.69, 9.17) is 10.5 Å². The first-order chi connectivity index (χ1) is 13.0. The molecule has 1 aliphatic heterocycles. The molecule has 1 atom stereocenters. The molecule has 0 radical (unpaired) electrons. The van der Waals surface area contributed by atoms with Crippen molar-refractivity contribution in [2.45, 2.75) is 12.5 Å². The van der Waals surface area contributed by atoms with Crippen molar-refractivity contribution in [3.8, 4) is 5.75 Å². The van der Waals surface area contributed by atoms with Crippen LogP contribution in [0.2, 0.25) is 0 Å². The predicted molar refractivity (Wildman–Crippen MR) is 101 cm³/mol. The van der Waals surface area contributed by atoms with Crippen molar-refractivity contribution in [2.75, 3.05) is 37.7 Å². The van der Waals surface area contributed by atoms with Gasteiger partial charge < -0.3 is 20.5 Å². The highest BCUT2D eigenvalue weighted by Crippen LogP contribution is 2.28. The van der Waals surface area contributed by atoms with Crippen LogP contribution in [0.25, 0.3) is 0 Å². The third kappa shape index (κ3) is 5.10. The third-order valence-corrected chi connectivity index (χ3v) is 4.86. The maximum Gasteiger partial charge on any atom is 0.404 e. The Labute approximate surface area is 157 Å². The van der Waals surface area contributed by atoms with Crippen LogP contribution in [-0.2, 0) is 4.74 Å². The quantitative estimate of drug-likeness (QED) is 0.814. The minimum Gasteiger partial charge on any atom is -0.508 e. The fourth-order valence-electron chi connectivity index (χ4n) is 3.47. The lowest BCUT2D eigenvalue weighted by atomic mass is 10.0. The van der Waals surface area contributed by atoms with Crippen LogP contribution < -0.4 is 10.6 Å². The summed E-state index contributed by atoms with van der Waals surface area (Å²) >= 11 is 0. The monoisotopic (exact) mass is 373 g/mol. The fourth-order valence-corrected chi connectivity index (χ4v) is 3.47. The summed E-state index contributed by atoms with van der Waals surface area (Å²) in [4.78, 5) is 15.4. The van der Waals surface area contributed by atoms with Crippen LogP contribution in [-0.4, -0.2) is 48.9 Å². The molecule has 1 heterocycles. The van der Waals surface area contributed by atoms with E-state index in [1.807, 2.05) is 12.1 Å². The molecule has 0 bridgehead atoms. The number of anilines is 1. The maximum absolute atomic E-state index is 13.3. The highest BCUT2D eigenvalue weighted by molar-refractivity contribution is 5.64. The number of phenolic OH excluding ortho intramolecular Hbond substituents is 1. The number of halogens is 1. The summed E-state index contributed by atoms with van der Waals surface area (Å²) < 4.78 is 18.2. The van der Waals surface area contributed by atoms with E-state index < -0.39 is 6.09 Å². The first-order valence-electron chi connectivity index (χ1n) is 8.98. The van der Waals surface area contributed by atoms with E-state index >= 15 is 0 Å². The van der Waals surface area contributed by atoms with E-state index in [9.17, 15) is 14.3 Å². The van der Waals surface area contributed by atoms with Crippen LogP contribution in [0.5, 0.6) is 5.75 Å². The molecule has 1 saturated heterocycles. The highest BCUT2D eigenvalue weighted by atomic mass is 19.1. The summed E-state index contributed by atoms with van der Waals surface area (Å²) in [5.41, 5.74) is 7.12. The van der Waals surface area contributed by atoms with E-state index in [-0.39, 0.29) is 24.2 Å². The number of amides is 1. The number of benzene rings is 2. The molecule has 3 rings (SSSR count). The van der Waals surface area contributed by atoms with Gasteiger partial charge in [0.15, 0.2) is 0 Å². The van der Waals surface area contributed by atoms with Gasteiger partial charge in [-0.3, -0.25) is 4.90 Å². The number of rotatable bonds is 6. The molecule has 2 aromatic carbocycles. The zero-order valence-electron chi connectivity index (χ0n) is 15.1. The lowest BCUT2D eigenvalue weighted by Gasteiger charge is -2.40. The Balaban J connectivity index is 1.66. The van der Waals surface area contributed by atoms with Gasteiger partial charge in [-0.25, -0.2) is 9.18 Å². The average Bonchev–Trinajstić information content (AvgIpc) is 2.67. The summed E-state index contributed by atoms with van der Waals surface area (Å²) in [6, 6.07) is 13.6. The summed E-state index contributed by atoms with van der Waals surface area (Å²) in [6.07, 6.45) is -0.196. The zero-order chi connectivity index (χ0) is 19.2. The number of primary amides is 1. The minimum absolute atomic E-state index is 0.0203. The molecule has 2 aromatic rings. The number of nitrogens with two attached hydrogens (primary N) is 1. The maximum atomic E-state index is 13.3. The molecule has 1 aliphatic rings. The van der Waals surface area contributed by atoms with Crippen LogP contribution >= 0.6 is 0 Å². The molecule has 144 valence electrons. The number of carbonyl (C=O) groups is 1. The number of piperazine rings is 1. The first kappa shape index (κ1) is 19.0. The molecule has 0 spiro atoms. The molecule has 6 nitrogen and oxygen atoms in total. The number of phenols is 1. The van der Waals surface area contributed by atoms with E-state index in [0.29, 0.717) is 6.42 Å². The Hall–Kier alpha value is -2.80. The molecule has 0 aromatic heterocycles. The fraction of sp³-hybridized carbons (Fsp3) is 0.350. The third-order valence-electron chi connectivity index (χ3n) is 4.86. The number of hydrogen-bond acceptors (Lipinski definition) is 5. The van der Waals surface area contributed by atoms with E-state index in [0.717, 1.165) is 37.4 Å². The second kappa shape index (κ2) is 8.73. The van der Waals surface area contributed by atoms with Gasteiger partial charge in [0.2, 0.25) is 0 Å². The van der Waals surface area contributed by atoms with Crippen molar-refractivity contribution in [3.05, 3.63) is 59.9 Å². The van der Waals surface area contributed by atoms with Crippen molar-refractivity contribution in [1.29, 1.82) is 0 Å². The van der Waals surface area contributed by atoms with Crippen LogP contribution in [0.15, 0.2) is 48.5 Å². The SMILES string of the molecule is NC(=O)OCCC(c1ccc(F)cc1)N1CCN(c2ccc(O)cc2)CC1. The Bertz CT molecular complexity index is 744. The number of ether oxygens (including phenoxy) is 1. The van der Waals surface area contributed by atoms with Gasteiger partial charge in [-0.2, -0.15) is 0 Å². The second-order valence-corrected chi connectivity index (χ2v) is 6.56. The highest BCUT2D eigenvalue weighted by Gasteiger charge is 2.25. The Kier molecular flexibility index (Phi) is 6.13. The normalized spacial score (nSPS) is 16.1. The van der Waals surface area contributed by atoms with Gasteiger partial charge in [0, 0.05) is 44.3 Å². The second-order valence-electron chi connectivity index (χ2n) is 6.56. The van der Waals surface area contributed by atoms with Crippen LogP contribution in [0, 0.1) is 5.82 Å². The standard InChI is InChI=1S/C20H24FN3O3/c21-16-3-1-15(2-4-16)19(9-14-27-20(22)26)24-12-10-23(11-13-24)17-5-7-18(25)8-6-17/h1-8,19,25H,9-14H2,(H2,22,26). The number of hydrogen-bond donors (Lipinski definition) is 2. The molecule has 1 fully saturated rings. The van der Waals surface area contributed by atoms with E-state index in [1.54, 1.807) is 24.3 Å². The molecular weight excluding hydrogens is 349 g/mol. The molecule has 0 aliphatic carbocycles. The summed E-state index contributed by atoms with van der Waals surface area (Å²) in [5.74, 6) is -0.0220. The summed E-state index contributed by atoms with van der Waals surface area (Å²) in [7, 11) is 0. The molecule has 3 N–H and O–H groups in total. The minimum atomic E-state index is -0.787. The van der Waals surface area contributed by atoms with Gasteiger partial charge in [-0.1, -0.05) is 12.1 Å². The van der Waals surface area contributed by atoms with Gasteiger partial charge in [-0.15, -0.1) is 0 Å². The lowest BCUT2D eigenvalue weighted by Crippen LogP contribution is -2.48. The van der Waals surface area contributed by atoms with Gasteiger partial charge in [0.1, 0.15) is 11.6 Å². The van der Waals surface area contributed by atoms with E-state index in [2.05, 4.69) is 9.80 Å². The number of carbonyl (C=O) groups excluding carboxylic acids is 1. The van der Waals surface area contributed by atoms with Crippen molar-refractivity contribution in [2.24, 2.45) is 5.73 Å². The van der Waals surface area contributed by atoms with Gasteiger partial charge in [-0.05, 0) is 42.0 Å². The van der Waals surface area contributed by atoms with Crippen LogP contribution in [0.1, 0.15) is 18.0 Å². The smallest absolute Gasteiger partial charge is 0.404 e. The van der Waals surface area contributed by atoms with Gasteiger partial charge in [0.05, 0.1) is 6.61 Å². The molecule has 27 heavy (non-hydrogen) atoms. The van der Waals surface area contributed by atoms with Gasteiger partial charge in [0.25, 0.3) is 0 Å². The largest absolute Gasteiger partial charge is 0.508 e. The Morgan fingerprint density at radius 1 is 1.07 bits per heavy atom. The van der Waals surface area contributed by atoms with Crippen molar-refractivity contribution < 1.29 is 19.0 Å². The Morgan fingerprint density at radius 2 is 1.70 bits per heavy atom. The lowest BCUT2D eigenvalue weighted by molar-refractivity contribution is 0.122. The summed E-state index contributed by atoms with van der Waals surface area (Å²) in [5, 5.41) is 9.44. The number of aromatic hydroxyl groups is 1. The number of nitrogens with zero attached hydrogens (tertiary/aromatic N) is 2. The zero-order valence-corrected chi connectivity index (χ0v) is 15.1. The molecule has 1 amide bonds. The topological polar surface area (TPSA) is 79.0 Å².